The van der Waals surface area contributed by atoms with E-state index in [1.807, 2.05) is 0 Å². The molecule has 1 rings (SSSR count). The van der Waals surface area contributed by atoms with Crippen LogP contribution in [0.2, 0.25) is 0 Å². The lowest BCUT2D eigenvalue weighted by molar-refractivity contribution is 0.631. The molecule has 0 aliphatic carbocycles. The SMILES string of the molecule is C=C/C(=C\N=C)CNc1c(N)cccc1F. The van der Waals surface area contributed by atoms with E-state index < -0.39 is 0 Å². The van der Waals surface area contributed by atoms with Gasteiger partial charge in [0.15, 0.2) is 0 Å². The van der Waals surface area contributed by atoms with Gasteiger partial charge >= 0.3 is 0 Å². The van der Waals surface area contributed by atoms with Gasteiger partial charge < -0.3 is 11.1 Å². The summed E-state index contributed by atoms with van der Waals surface area (Å²) in [4.78, 5) is 3.62. The predicted molar refractivity (Wildman–Crippen MR) is 67.1 cm³/mol. The first-order valence-corrected chi connectivity index (χ1v) is 4.74. The molecular weight excluding hydrogens is 205 g/mol. The molecular formula is C12H14FN3. The maximum absolute atomic E-state index is 13.4. The van der Waals surface area contributed by atoms with Gasteiger partial charge in [0.25, 0.3) is 0 Å². The smallest absolute Gasteiger partial charge is 0.148 e. The van der Waals surface area contributed by atoms with Crippen molar-refractivity contribution in [2.75, 3.05) is 17.6 Å². The van der Waals surface area contributed by atoms with Crippen molar-refractivity contribution in [1.29, 1.82) is 0 Å². The van der Waals surface area contributed by atoms with Crippen LogP contribution in [-0.2, 0) is 0 Å². The van der Waals surface area contributed by atoms with Crippen molar-refractivity contribution >= 4 is 18.1 Å². The molecule has 0 aliphatic rings. The third-order valence-electron chi connectivity index (χ3n) is 2.03. The molecule has 0 bridgehead atoms. The standard InChI is InChI=1S/C12H14FN3/c1-3-9(7-15-2)8-16-12-10(13)5-4-6-11(12)14/h3-7,16H,1-2,8,14H2/b9-7+. The Morgan fingerprint density at radius 3 is 2.88 bits per heavy atom. The molecule has 0 amide bonds. The van der Waals surface area contributed by atoms with Crippen molar-refractivity contribution in [3.8, 4) is 0 Å². The van der Waals surface area contributed by atoms with Crippen molar-refractivity contribution in [2.45, 2.75) is 0 Å². The summed E-state index contributed by atoms with van der Waals surface area (Å²) in [6.07, 6.45) is 3.18. The van der Waals surface area contributed by atoms with Gasteiger partial charge in [-0.3, -0.25) is 4.99 Å². The third-order valence-corrected chi connectivity index (χ3v) is 2.03. The van der Waals surface area contributed by atoms with Crippen LogP contribution in [0, 0.1) is 5.82 Å². The zero-order valence-corrected chi connectivity index (χ0v) is 8.91. The number of nitrogen functional groups attached to an aromatic ring is 1. The van der Waals surface area contributed by atoms with Crippen LogP contribution in [0.3, 0.4) is 0 Å². The Balaban J connectivity index is 2.78. The molecule has 0 radical (unpaired) electrons. The lowest BCUT2D eigenvalue weighted by Crippen LogP contribution is -2.07. The van der Waals surface area contributed by atoms with Crippen LogP contribution < -0.4 is 11.1 Å². The molecule has 1 aromatic rings. The van der Waals surface area contributed by atoms with Crippen LogP contribution in [0.1, 0.15) is 0 Å². The Labute approximate surface area is 94.2 Å². The molecule has 0 aliphatic heterocycles. The summed E-state index contributed by atoms with van der Waals surface area (Å²) < 4.78 is 13.4. The van der Waals surface area contributed by atoms with E-state index in [2.05, 4.69) is 23.6 Å². The quantitative estimate of drug-likeness (QED) is 0.454. The van der Waals surface area contributed by atoms with Gasteiger partial charge in [0.05, 0.1) is 11.4 Å². The molecule has 3 N–H and O–H groups in total. The monoisotopic (exact) mass is 219 g/mol. The minimum absolute atomic E-state index is 0.291. The third kappa shape index (κ3) is 2.95. The van der Waals surface area contributed by atoms with E-state index >= 15 is 0 Å². The van der Waals surface area contributed by atoms with E-state index in [9.17, 15) is 4.39 Å². The fraction of sp³-hybridized carbons (Fsp3) is 0.0833. The average molecular weight is 219 g/mol. The fourth-order valence-corrected chi connectivity index (χ4v) is 1.21. The summed E-state index contributed by atoms with van der Waals surface area (Å²) in [7, 11) is 0. The Morgan fingerprint density at radius 2 is 2.31 bits per heavy atom. The van der Waals surface area contributed by atoms with E-state index in [1.165, 1.54) is 6.07 Å². The van der Waals surface area contributed by atoms with Crippen LogP contribution in [0.25, 0.3) is 0 Å². The van der Waals surface area contributed by atoms with Crippen molar-refractivity contribution in [3.63, 3.8) is 0 Å². The summed E-state index contributed by atoms with van der Waals surface area (Å²) >= 11 is 0. The van der Waals surface area contributed by atoms with Gasteiger partial charge in [-0.05, 0) is 24.4 Å². The summed E-state index contributed by atoms with van der Waals surface area (Å²) in [5.41, 5.74) is 7.10. The van der Waals surface area contributed by atoms with Crippen LogP contribution in [0.15, 0.2) is 47.6 Å². The maximum Gasteiger partial charge on any atom is 0.148 e. The van der Waals surface area contributed by atoms with Gasteiger partial charge in [0.2, 0.25) is 0 Å². The van der Waals surface area contributed by atoms with Crippen LogP contribution in [0.5, 0.6) is 0 Å². The minimum atomic E-state index is -0.380. The molecule has 0 saturated carbocycles. The van der Waals surface area contributed by atoms with Crippen molar-refractivity contribution in [2.24, 2.45) is 4.99 Å². The van der Waals surface area contributed by atoms with Crippen molar-refractivity contribution < 1.29 is 4.39 Å². The number of nitrogens with zero attached hydrogens (tertiary/aromatic N) is 1. The first-order valence-electron chi connectivity index (χ1n) is 4.74. The molecule has 4 heteroatoms. The number of hydrogen-bond donors (Lipinski definition) is 2. The first-order chi connectivity index (χ1) is 7.69. The molecule has 84 valence electrons. The highest BCUT2D eigenvalue weighted by atomic mass is 19.1. The Kier molecular flexibility index (Phi) is 4.27. The highest BCUT2D eigenvalue weighted by Crippen LogP contribution is 2.21. The highest BCUT2D eigenvalue weighted by Gasteiger charge is 2.04. The molecule has 1 aromatic carbocycles. The van der Waals surface area contributed by atoms with E-state index in [4.69, 9.17) is 5.73 Å². The Morgan fingerprint density at radius 1 is 1.56 bits per heavy atom. The Hall–Kier alpha value is -2.10. The number of benzene rings is 1. The topological polar surface area (TPSA) is 50.4 Å². The number of para-hydroxylation sites is 1. The second-order valence-corrected chi connectivity index (χ2v) is 3.15. The molecule has 3 nitrogen and oxygen atoms in total. The predicted octanol–water partition coefficient (Wildman–Crippen LogP) is 2.59. The number of anilines is 2. The maximum atomic E-state index is 13.4. The van der Waals surface area contributed by atoms with Crippen molar-refractivity contribution in [3.05, 3.63) is 48.4 Å². The van der Waals surface area contributed by atoms with Gasteiger partial charge in [-0.1, -0.05) is 18.7 Å². The summed E-state index contributed by atoms with van der Waals surface area (Å²) in [6, 6.07) is 4.54. The van der Waals surface area contributed by atoms with Crippen molar-refractivity contribution in [1.82, 2.24) is 0 Å². The molecule has 0 atom stereocenters. The van der Waals surface area contributed by atoms with E-state index in [0.29, 0.717) is 17.9 Å². The second kappa shape index (κ2) is 5.70. The van der Waals surface area contributed by atoms with Gasteiger partial charge in [0, 0.05) is 12.7 Å². The number of halogens is 1. The minimum Gasteiger partial charge on any atom is -0.397 e. The lowest BCUT2D eigenvalue weighted by atomic mass is 10.2. The zero-order valence-electron chi connectivity index (χ0n) is 8.91. The van der Waals surface area contributed by atoms with Crippen LogP contribution >= 0.6 is 0 Å². The molecule has 0 unspecified atom stereocenters. The number of rotatable bonds is 5. The fourth-order valence-electron chi connectivity index (χ4n) is 1.21. The highest BCUT2D eigenvalue weighted by molar-refractivity contribution is 5.67. The Bertz CT molecular complexity index is 404. The van der Waals surface area contributed by atoms with Gasteiger partial charge in [-0.25, -0.2) is 4.39 Å². The van der Waals surface area contributed by atoms with Gasteiger partial charge in [0.1, 0.15) is 5.82 Å². The van der Waals surface area contributed by atoms with Crippen LogP contribution in [0.4, 0.5) is 15.8 Å². The number of nitrogens with one attached hydrogen (secondary N) is 1. The summed E-state index contributed by atoms with van der Waals surface area (Å²) in [5.74, 6) is -0.380. The molecule has 0 heterocycles. The first kappa shape index (κ1) is 12.0. The molecule has 16 heavy (non-hydrogen) atoms. The largest absolute Gasteiger partial charge is 0.397 e. The normalized spacial score (nSPS) is 10.9. The zero-order chi connectivity index (χ0) is 12.0. The number of nitrogens with two attached hydrogens (primary N) is 1. The van der Waals surface area contributed by atoms with E-state index in [-0.39, 0.29) is 5.82 Å². The van der Waals surface area contributed by atoms with E-state index in [0.717, 1.165) is 5.57 Å². The molecule has 0 fully saturated rings. The number of aliphatic imine (C=N–C) groups is 1. The van der Waals surface area contributed by atoms with E-state index in [1.54, 1.807) is 24.4 Å². The molecule has 0 saturated heterocycles. The summed E-state index contributed by atoms with van der Waals surface area (Å²) in [5, 5.41) is 2.89. The molecule has 0 spiro atoms. The average Bonchev–Trinajstić information content (AvgIpc) is 2.27. The van der Waals surface area contributed by atoms with Gasteiger partial charge in [-0.15, -0.1) is 0 Å². The number of hydrogen-bond acceptors (Lipinski definition) is 3. The molecule has 0 aromatic heterocycles. The summed E-state index contributed by atoms with van der Waals surface area (Å²) in [6.45, 7) is 7.35. The lowest BCUT2D eigenvalue weighted by Gasteiger charge is -2.10. The van der Waals surface area contributed by atoms with Crippen LogP contribution in [-0.4, -0.2) is 13.3 Å². The van der Waals surface area contributed by atoms with Gasteiger partial charge in [-0.2, -0.15) is 0 Å². The second-order valence-electron chi connectivity index (χ2n) is 3.15.